The van der Waals surface area contributed by atoms with Crippen molar-refractivity contribution < 1.29 is 22.7 Å². The first kappa shape index (κ1) is 18.8. The van der Waals surface area contributed by atoms with E-state index in [1.54, 1.807) is 19.1 Å². The van der Waals surface area contributed by atoms with Crippen LogP contribution in [0, 0.1) is 24.4 Å². The monoisotopic (exact) mass is 352 g/mol. The molecule has 4 nitrogen and oxygen atoms in total. The molecule has 0 unspecified atom stereocenters. The zero-order valence-corrected chi connectivity index (χ0v) is 14.2. The molecule has 0 radical (unpaired) electrons. The Bertz CT molecular complexity index is 781. The molecule has 0 aliphatic heterocycles. The third kappa shape index (κ3) is 4.73. The molecule has 0 saturated heterocycles. The third-order valence-electron chi connectivity index (χ3n) is 3.60. The molecule has 0 heterocycles. The predicted octanol–water partition coefficient (Wildman–Crippen LogP) is 3.49. The zero-order chi connectivity index (χ0) is 18.6. The van der Waals surface area contributed by atoms with Gasteiger partial charge in [0.05, 0.1) is 19.3 Å². The lowest BCUT2D eigenvalue weighted by molar-refractivity contribution is -0.117. The van der Waals surface area contributed by atoms with E-state index in [2.05, 4.69) is 5.32 Å². The predicted molar refractivity (Wildman–Crippen MR) is 89.0 cm³/mol. The first-order chi connectivity index (χ1) is 11.8. The lowest BCUT2D eigenvalue weighted by atomic mass is 10.1. The van der Waals surface area contributed by atoms with Crippen LogP contribution in [0.5, 0.6) is 5.75 Å². The average Bonchev–Trinajstić information content (AvgIpc) is 2.55. The van der Waals surface area contributed by atoms with Crippen LogP contribution in [0.4, 0.5) is 18.9 Å². The first-order valence-corrected chi connectivity index (χ1v) is 7.57. The van der Waals surface area contributed by atoms with Gasteiger partial charge in [-0.05, 0) is 32.2 Å². The number of benzene rings is 2. The molecule has 0 atom stereocenters. The van der Waals surface area contributed by atoms with Gasteiger partial charge in [-0.25, -0.2) is 13.2 Å². The molecule has 0 aliphatic carbocycles. The molecule has 0 aromatic heterocycles. The molecule has 134 valence electrons. The van der Waals surface area contributed by atoms with Crippen molar-refractivity contribution in [3.05, 3.63) is 58.9 Å². The van der Waals surface area contributed by atoms with Crippen molar-refractivity contribution >= 4 is 11.6 Å². The van der Waals surface area contributed by atoms with Gasteiger partial charge in [-0.2, -0.15) is 0 Å². The normalized spacial score (nSPS) is 10.8. The Balaban J connectivity index is 2.01. The van der Waals surface area contributed by atoms with Gasteiger partial charge >= 0.3 is 0 Å². The van der Waals surface area contributed by atoms with Crippen LogP contribution in [0.1, 0.15) is 11.1 Å². The van der Waals surface area contributed by atoms with Crippen molar-refractivity contribution in [2.24, 2.45) is 0 Å². The summed E-state index contributed by atoms with van der Waals surface area (Å²) < 4.78 is 45.0. The van der Waals surface area contributed by atoms with Gasteiger partial charge in [0, 0.05) is 12.1 Å². The van der Waals surface area contributed by atoms with Crippen LogP contribution in [0.25, 0.3) is 0 Å². The number of aryl methyl sites for hydroxylation is 1. The van der Waals surface area contributed by atoms with Crippen molar-refractivity contribution in [3.8, 4) is 5.75 Å². The summed E-state index contributed by atoms with van der Waals surface area (Å²) in [6.07, 6.45) is 0. The molecular weight excluding hydrogens is 333 g/mol. The SMILES string of the molecule is COc1ccc(C)cc1CN(C)CC(=O)Nc1ccc(F)c(F)c1F. The fourth-order valence-electron chi connectivity index (χ4n) is 2.43. The number of halogens is 3. The number of ether oxygens (including phenoxy) is 1. The molecule has 2 aromatic carbocycles. The van der Waals surface area contributed by atoms with E-state index in [1.807, 2.05) is 25.1 Å². The van der Waals surface area contributed by atoms with Gasteiger partial charge in [0.15, 0.2) is 17.5 Å². The van der Waals surface area contributed by atoms with Gasteiger partial charge in [0.25, 0.3) is 0 Å². The standard InChI is InChI=1S/C18H19F3N2O2/c1-11-4-7-15(25-3)12(8-11)9-23(2)10-16(24)22-14-6-5-13(19)17(20)18(14)21/h4-8H,9-10H2,1-3H3,(H,22,24). The molecule has 2 rings (SSSR count). The van der Waals surface area contributed by atoms with Crippen LogP contribution >= 0.6 is 0 Å². The van der Waals surface area contributed by atoms with Crippen molar-refractivity contribution in [2.45, 2.75) is 13.5 Å². The van der Waals surface area contributed by atoms with Gasteiger partial charge in [-0.1, -0.05) is 17.7 Å². The summed E-state index contributed by atoms with van der Waals surface area (Å²) >= 11 is 0. The van der Waals surface area contributed by atoms with Crippen LogP contribution in [-0.4, -0.2) is 31.5 Å². The molecule has 0 bridgehead atoms. The Morgan fingerprint density at radius 3 is 2.56 bits per heavy atom. The number of carbonyl (C=O) groups excluding carboxylic acids is 1. The molecule has 0 fully saturated rings. The fraction of sp³-hybridized carbons (Fsp3) is 0.278. The van der Waals surface area contributed by atoms with Crippen molar-refractivity contribution in [2.75, 3.05) is 26.0 Å². The largest absolute Gasteiger partial charge is 0.496 e. The molecule has 1 amide bonds. The van der Waals surface area contributed by atoms with Crippen LogP contribution in [0.3, 0.4) is 0 Å². The number of anilines is 1. The molecule has 0 spiro atoms. The second-order valence-corrected chi connectivity index (χ2v) is 5.76. The molecule has 1 N–H and O–H groups in total. The van der Waals surface area contributed by atoms with E-state index in [1.165, 1.54) is 0 Å². The maximum atomic E-state index is 13.6. The van der Waals surface area contributed by atoms with Crippen LogP contribution in [0.15, 0.2) is 30.3 Å². The van der Waals surface area contributed by atoms with Crippen LogP contribution < -0.4 is 10.1 Å². The van der Waals surface area contributed by atoms with E-state index in [4.69, 9.17) is 4.74 Å². The number of carbonyl (C=O) groups is 1. The highest BCUT2D eigenvalue weighted by molar-refractivity contribution is 5.92. The van der Waals surface area contributed by atoms with E-state index in [0.29, 0.717) is 12.3 Å². The summed E-state index contributed by atoms with van der Waals surface area (Å²) in [5.41, 5.74) is 1.56. The molecule has 0 aliphatic rings. The second kappa shape index (κ2) is 8.02. The highest BCUT2D eigenvalue weighted by atomic mass is 19.2. The number of likely N-dealkylation sites (N-methyl/N-ethyl adjacent to an activating group) is 1. The number of methoxy groups -OCH3 is 1. The van der Waals surface area contributed by atoms with Gasteiger partial charge in [0.2, 0.25) is 5.91 Å². The van der Waals surface area contributed by atoms with E-state index < -0.39 is 29.0 Å². The first-order valence-electron chi connectivity index (χ1n) is 7.57. The Labute approximate surface area is 144 Å². The topological polar surface area (TPSA) is 41.6 Å². The quantitative estimate of drug-likeness (QED) is 0.809. The van der Waals surface area contributed by atoms with Gasteiger partial charge < -0.3 is 10.1 Å². The summed E-state index contributed by atoms with van der Waals surface area (Å²) in [7, 11) is 3.27. The number of rotatable bonds is 6. The molecule has 25 heavy (non-hydrogen) atoms. The van der Waals surface area contributed by atoms with Gasteiger partial charge in [0.1, 0.15) is 5.75 Å². The van der Waals surface area contributed by atoms with Gasteiger partial charge in [-0.15, -0.1) is 0 Å². The summed E-state index contributed by atoms with van der Waals surface area (Å²) in [4.78, 5) is 13.7. The smallest absolute Gasteiger partial charge is 0.238 e. The van der Waals surface area contributed by atoms with Crippen molar-refractivity contribution in [1.82, 2.24) is 4.90 Å². The molecule has 2 aromatic rings. The molecule has 0 saturated carbocycles. The third-order valence-corrected chi connectivity index (χ3v) is 3.60. The minimum atomic E-state index is -1.62. The number of hydrogen-bond donors (Lipinski definition) is 1. The minimum absolute atomic E-state index is 0.0600. The highest BCUT2D eigenvalue weighted by Crippen LogP contribution is 2.22. The zero-order valence-electron chi connectivity index (χ0n) is 14.2. The number of nitrogens with one attached hydrogen (secondary N) is 1. The maximum absolute atomic E-state index is 13.6. The second-order valence-electron chi connectivity index (χ2n) is 5.76. The fourth-order valence-corrected chi connectivity index (χ4v) is 2.43. The Hall–Kier alpha value is -2.54. The number of hydrogen-bond acceptors (Lipinski definition) is 3. The molecule has 7 heteroatoms. The average molecular weight is 352 g/mol. The van der Waals surface area contributed by atoms with Gasteiger partial charge in [-0.3, -0.25) is 9.69 Å². The number of amides is 1. The van der Waals surface area contributed by atoms with E-state index >= 15 is 0 Å². The summed E-state index contributed by atoms with van der Waals surface area (Å²) in [6, 6.07) is 7.45. The van der Waals surface area contributed by atoms with Crippen molar-refractivity contribution in [1.29, 1.82) is 0 Å². The lowest BCUT2D eigenvalue weighted by Crippen LogP contribution is -2.30. The highest BCUT2D eigenvalue weighted by Gasteiger charge is 2.16. The van der Waals surface area contributed by atoms with E-state index in [0.717, 1.165) is 23.3 Å². The van der Waals surface area contributed by atoms with Crippen LogP contribution in [0.2, 0.25) is 0 Å². The van der Waals surface area contributed by atoms with E-state index in [9.17, 15) is 18.0 Å². The Kier molecular flexibility index (Phi) is 6.03. The number of nitrogens with zero attached hydrogens (tertiary/aromatic N) is 1. The summed E-state index contributed by atoms with van der Waals surface area (Å²) in [5.74, 6) is -4.19. The lowest BCUT2D eigenvalue weighted by Gasteiger charge is -2.18. The van der Waals surface area contributed by atoms with Crippen LogP contribution in [-0.2, 0) is 11.3 Å². The Morgan fingerprint density at radius 1 is 1.16 bits per heavy atom. The Morgan fingerprint density at radius 2 is 1.88 bits per heavy atom. The van der Waals surface area contributed by atoms with Crippen molar-refractivity contribution in [3.63, 3.8) is 0 Å². The minimum Gasteiger partial charge on any atom is -0.496 e. The molecular formula is C18H19F3N2O2. The summed E-state index contributed by atoms with van der Waals surface area (Å²) in [5, 5.41) is 2.24. The maximum Gasteiger partial charge on any atom is 0.238 e. The van der Waals surface area contributed by atoms with E-state index in [-0.39, 0.29) is 6.54 Å². The summed E-state index contributed by atoms with van der Waals surface area (Å²) in [6.45, 7) is 2.32.